The maximum Gasteiger partial charge on any atom is 0.123 e. The summed E-state index contributed by atoms with van der Waals surface area (Å²) < 4.78 is 10.6. The molecule has 0 saturated carbocycles. The number of alkyl halides is 1. The van der Waals surface area contributed by atoms with Crippen molar-refractivity contribution in [2.45, 2.75) is 13.5 Å². The molecule has 0 saturated heterocycles. The van der Waals surface area contributed by atoms with E-state index in [0.717, 1.165) is 18.8 Å². The first kappa shape index (κ1) is 14.3. The van der Waals surface area contributed by atoms with E-state index >= 15 is 0 Å². The molecule has 0 aliphatic rings. The minimum Gasteiger partial charge on any atom is -0.496 e. The molecule has 0 fully saturated rings. The van der Waals surface area contributed by atoms with Crippen molar-refractivity contribution in [3.05, 3.63) is 29.3 Å². The van der Waals surface area contributed by atoms with E-state index in [4.69, 9.17) is 21.1 Å². The quantitative estimate of drug-likeness (QED) is 0.573. The third-order valence-electron chi connectivity index (χ3n) is 2.40. The second kappa shape index (κ2) is 8.34. The average molecular weight is 258 g/mol. The summed E-state index contributed by atoms with van der Waals surface area (Å²) in [7, 11) is 1.69. The first-order chi connectivity index (χ1) is 8.27. The van der Waals surface area contributed by atoms with Gasteiger partial charge in [-0.3, -0.25) is 0 Å². The summed E-state index contributed by atoms with van der Waals surface area (Å²) >= 11 is 5.51. The highest BCUT2D eigenvalue weighted by atomic mass is 35.5. The zero-order valence-corrected chi connectivity index (χ0v) is 11.2. The minimum absolute atomic E-state index is 0.547. The van der Waals surface area contributed by atoms with Crippen LogP contribution in [0.25, 0.3) is 0 Å². The van der Waals surface area contributed by atoms with Crippen molar-refractivity contribution in [1.82, 2.24) is 5.32 Å². The summed E-state index contributed by atoms with van der Waals surface area (Å²) in [6, 6.07) is 6.17. The van der Waals surface area contributed by atoms with Crippen molar-refractivity contribution in [2.75, 3.05) is 32.7 Å². The van der Waals surface area contributed by atoms with Crippen LogP contribution in [0.1, 0.15) is 11.1 Å². The molecule has 0 aliphatic carbocycles. The van der Waals surface area contributed by atoms with Crippen LogP contribution in [0.3, 0.4) is 0 Å². The van der Waals surface area contributed by atoms with Crippen LogP contribution in [0, 0.1) is 6.92 Å². The van der Waals surface area contributed by atoms with Gasteiger partial charge >= 0.3 is 0 Å². The first-order valence-electron chi connectivity index (χ1n) is 5.76. The van der Waals surface area contributed by atoms with Crippen molar-refractivity contribution in [3.8, 4) is 5.75 Å². The van der Waals surface area contributed by atoms with Gasteiger partial charge in [-0.05, 0) is 13.0 Å². The van der Waals surface area contributed by atoms with E-state index in [-0.39, 0.29) is 0 Å². The van der Waals surface area contributed by atoms with E-state index in [1.54, 1.807) is 7.11 Å². The molecule has 0 aromatic heterocycles. The third-order valence-corrected chi connectivity index (χ3v) is 2.55. The third kappa shape index (κ3) is 5.39. The van der Waals surface area contributed by atoms with Crippen LogP contribution in [-0.4, -0.2) is 32.7 Å². The fraction of sp³-hybridized carbons (Fsp3) is 0.538. The number of nitrogens with one attached hydrogen (secondary N) is 1. The number of hydrogen-bond donors (Lipinski definition) is 1. The number of methoxy groups -OCH3 is 1. The zero-order chi connectivity index (χ0) is 12.5. The molecule has 1 aromatic carbocycles. The Hall–Kier alpha value is -0.770. The Kier molecular flexibility index (Phi) is 7.01. The first-order valence-corrected chi connectivity index (χ1v) is 6.29. The summed E-state index contributed by atoms with van der Waals surface area (Å²) in [4.78, 5) is 0. The fourth-order valence-electron chi connectivity index (χ4n) is 1.57. The lowest BCUT2D eigenvalue weighted by Gasteiger charge is -2.10. The maximum atomic E-state index is 5.51. The lowest BCUT2D eigenvalue weighted by Crippen LogP contribution is -2.20. The van der Waals surface area contributed by atoms with Crippen LogP contribution in [0.2, 0.25) is 0 Å². The van der Waals surface area contributed by atoms with Crippen LogP contribution in [0.4, 0.5) is 0 Å². The molecule has 0 bridgehead atoms. The Labute approximate surface area is 108 Å². The highest BCUT2D eigenvalue weighted by Crippen LogP contribution is 2.19. The standard InChI is InChI=1S/C13H20ClNO2/c1-11-3-4-13(16-2)12(9-11)10-15-6-8-17-7-5-14/h3-4,9,15H,5-8,10H2,1-2H3. The molecule has 17 heavy (non-hydrogen) atoms. The van der Waals surface area contributed by atoms with E-state index < -0.39 is 0 Å². The number of halogens is 1. The molecule has 1 aromatic rings. The highest BCUT2D eigenvalue weighted by Gasteiger charge is 2.02. The minimum atomic E-state index is 0.547. The number of ether oxygens (including phenoxy) is 2. The molecular formula is C13H20ClNO2. The molecule has 1 N–H and O–H groups in total. The van der Waals surface area contributed by atoms with Crippen molar-refractivity contribution in [1.29, 1.82) is 0 Å². The Morgan fingerprint density at radius 3 is 2.82 bits per heavy atom. The second-order valence-electron chi connectivity index (χ2n) is 3.79. The van der Waals surface area contributed by atoms with Crippen molar-refractivity contribution in [3.63, 3.8) is 0 Å². The van der Waals surface area contributed by atoms with E-state index in [2.05, 4.69) is 18.3 Å². The molecule has 4 heteroatoms. The normalized spacial score (nSPS) is 10.5. The van der Waals surface area contributed by atoms with Gasteiger partial charge in [0.25, 0.3) is 0 Å². The van der Waals surface area contributed by atoms with Crippen LogP contribution in [0.5, 0.6) is 5.75 Å². The van der Waals surface area contributed by atoms with E-state index in [1.807, 2.05) is 12.1 Å². The van der Waals surface area contributed by atoms with Gasteiger partial charge in [-0.1, -0.05) is 17.7 Å². The van der Waals surface area contributed by atoms with Gasteiger partial charge in [-0.25, -0.2) is 0 Å². The predicted molar refractivity (Wildman–Crippen MR) is 71.0 cm³/mol. The molecule has 0 spiro atoms. The fourth-order valence-corrected chi connectivity index (χ4v) is 1.68. The van der Waals surface area contributed by atoms with Crippen molar-refractivity contribution < 1.29 is 9.47 Å². The largest absolute Gasteiger partial charge is 0.496 e. The van der Waals surface area contributed by atoms with Crippen LogP contribution < -0.4 is 10.1 Å². The summed E-state index contributed by atoms with van der Waals surface area (Å²) in [5.41, 5.74) is 2.41. The molecular weight excluding hydrogens is 238 g/mol. The van der Waals surface area contributed by atoms with Crippen LogP contribution >= 0.6 is 11.6 Å². The molecule has 0 radical (unpaired) electrons. The van der Waals surface area contributed by atoms with E-state index in [0.29, 0.717) is 19.1 Å². The Balaban J connectivity index is 2.32. The number of rotatable bonds is 8. The molecule has 0 heterocycles. The lowest BCUT2D eigenvalue weighted by molar-refractivity contribution is 0.150. The van der Waals surface area contributed by atoms with Crippen LogP contribution in [-0.2, 0) is 11.3 Å². The van der Waals surface area contributed by atoms with Gasteiger partial charge in [0.15, 0.2) is 0 Å². The van der Waals surface area contributed by atoms with Gasteiger partial charge in [0.1, 0.15) is 5.75 Å². The molecule has 0 amide bonds. The summed E-state index contributed by atoms with van der Waals surface area (Å²) in [5.74, 6) is 1.47. The average Bonchev–Trinajstić information content (AvgIpc) is 2.34. The number of aryl methyl sites for hydroxylation is 1. The van der Waals surface area contributed by atoms with E-state index in [9.17, 15) is 0 Å². The predicted octanol–water partition coefficient (Wildman–Crippen LogP) is 2.35. The summed E-state index contributed by atoms with van der Waals surface area (Å²) in [6.07, 6.45) is 0. The summed E-state index contributed by atoms with van der Waals surface area (Å²) in [5, 5.41) is 3.31. The second-order valence-corrected chi connectivity index (χ2v) is 4.17. The molecule has 1 rings (SSSR count). The molecule has 0 aliphatic heterocycles. The Morgan fingerprint density at radius 2 is 2.12 bits per heavy atom. The Bertz CT molecular complexity index is 331. The molecule has 0 unspecified atom stereocenters. The molecule has 3 nitrogen and oxygen atoms in total. The van der Waals surface area contributed by atoms with Crippen LogP contribution in [0.15, 0.2) is 18.2 Å². The Morgan fingerprint density at radius 1 is 1.29 bits per heavy atom. The van der Waals surface area contributed by atoms with Crippen molar-refractivity contribution in [2.24, 2.45) is 0 Å². The van der Waals surface area contributed by atoms with Gasteiger partial charge in [0.2, 0.25) is 0 Å². The SMILES string of the molecule is COc1ccc(C)cc1CNCCOCCCl. The highest BCUT2D eigenvalue weighted by molar-refractivity contribution is 6.17. The smallest absolute Gasteiger partial charge is 0.123 e. The molecule has 0 atom stereocenters. The van der Waals surface area contributed by atoms with Gasteiger partial charge in [0.05, 0.1) is 20.3 Å². The van der Waals surface area contributed by atoms with Gasteiger partial charge in [0, 0.05) is 24.5 Å². The van der Waals surface area contributed by atoms with Gasteiger partial charge in [-0.2, -0.15) is 0 Å². The topological polar surface area (TPSA) is 30.5 Å². The van der Waals surface area contributed by atoms with Gasteiger partial charge < -0.3 is 14.8 Å². The lowest BCUT2D eigenvalue weighted by atomic mass is 10.1. The maximum absolute atomic E-state index is 5.51. The number of hydrogen-bond acceptors (Lipinski definition) is 3. The van der Waals surface area contributed by atoms with Crippen molar-refractivity contribution >= 4 is 11.6 Å². The number of benzene rings is 1. The molecule has 96 valence electrons. The zero-order valence-electron chi connectivity index (χ0n) is 10.5. The van der Waals surface area contributed by atoms with Gasteiger partial charge in [-0.15, -0.1) is 11.6 Å². The van der Waals surface area contributed by atoms with E-state index in [1.165, 1.54) is 11.1 Å². The summed E-state index contributed by atoms with van der Waals surface area (Å²) in [6.45, 7) is 4.97. The monoisotopic (exact) mass is 257 g/mol.